The Labute approximate surface area is 201 Å². The molecule has 0 fully saturated rings. The zero-order chi connectivity index (χ0) is 21.7. The summed E-state index contributed by atoms with van der Waals surface area (Å²) in [7, 11) is -2.76. The van der Waals surface area contributed by atoms with Crippen molar-refractivity contribution in [2.24, 2.45) is 20.5 Å². The van der Waals surface area contributed by atoms with Gasteiger partial charge < -0.3 is 9.84 Å². The van der Waals surface area contributed by atoms with Crippen LogP contribution in [0.4, 0.5) is 22.7 Å². The van der Waals surface area contributed by atoms with Crippen LogP contribution in [0.2, 0.25) is 0 Å². The van der Waals surface area contributed by atoms with Gasteiger partial charge in [0.2, 0.25) is 0 Å². The van der Waals surface area contributed by atoms with Crippen molar-refractivity contribution < 1.29 is 22.8 Å². The van der Waals surface area contributed by atoms with Crippen molar-refractivity contribution in [1.29, 1.82) is 0 Å². The summed E-state index contributed by atoms with van der Waals surface area (Å²) in [6.45, 7) is 1.83. The van der Waals surface area contributed by atoms with Gasteiger partial charge in [-0.25, -0.2) is 0 Å². The second kappa shape index (κ2) is 10.6. The number of phenols is 1. The van der Waals surface area contributed by atoms with Crippen LogP contribution >= 0.6 is 0 Å². The third kappa shape index (κ3) is 6.68. The van der Waals surface area contributed by atoms with E-state index in [4.69, 9.17) is 9.29 Å². The van der Waals surface area contributed by atoms with Gasteiger partial charge in [-0.1, -0.05) is 0 Å². The van der Waals surface area contributed by atoms with Crippen molar-refractivity contribution in [2.75, 3.05) is 7.11 Å². The molecule has 0 amide bonds. The van der Waals surface area contributed by atoms with Crippen molar-refractivity contribution >= 4 is 62.4 Å². The number of phenolic OH excluding ortho intramolecular Hbond substituents is 1. The third-order valence-corrected chi connectivity index (χ3v) is 4.90. The molecule has 0 saturated heterocycles. The topological polar surface area (TPSA) is 133 Å². The van der Waals surface area contributed by atoms with Crippen LogP contribution in [0.3, 0.4) is 0 Å². The minimum Gasteiger partial charge on any atom is -0.508 e. The molecule has 1 radical (unpaired) electrons. The fraction of sp³-hybridized carbons (Fsp3) is 0.100. The quantitative estimate of drug-likeness (QED) is 0.295. The number of hydrogen-bond acceptors (Lipinski definition) is 8. The Balaban J connectivity index is 0.00000341. The first-order valence-electron chi connectivity index (χ1n) is 8.65. The number of rotatable bonds is 6. The van der Waals surface area contributed by atoms with Gasteiger partial charge in [0.15, 0.2) is 0 Å². The van der Waals surface area contributed by atoms with Gasteiger partial charge in [-0.2, -0.15) is 23.8 Å². The van der Waals surface area contributed by atoms with Gasteiger partial charge in [-0.3, -0.25) is 4.55 Å². The van der Waals surface area contributed by atoms with Crippen LogP contribution in [0.25, 0.3) is 0 Å². The van der Waals surface area contributed by atoms with Gasteiger partial charge in [0.1, 0.15) is 17.2 Å². The van der Waals surface area contributed by atoms with E-state index in [0.29, 0.717) is 28.5 Å². The molecule has 3 aromatic rings. The number of hydrogen-bond donors (Lipinski definition) is 2. The van der Waals surface area contributed by atoms with E-state index >= 15 is 0 Å². The molecule has 3 rings (SSSR count). The number of methoxy groups -OCH3 is 1. The molecule has 0 bridgehead atoms. The summed E-state index contributed by atoms with van der Waals surface area (Å²) in [6.07, 6.45) is 0. The molecule has 0 aliphatic rings. The first-order chi connectivity index (χ1) is 14.3. The largest absolute Gasteiger partial charge is 0.508 e. The number of aryl methyl sites for hydroxylation is 1. The van der Waals surface area contributed by atoms with E-state index in [1.807, 2.05) is 6.92 Å². The summed E-state index contributed by atoms with van der Waals surface area (Å²) in [5.41, 5.74) is 2.80. The predicted molar refractivity (Wildman–Crippen MR) is 116 cm³/mol. The number of benzene rings is 3. The molecule has 0 aliphatic carbocycles. The van der Waals surface area contributed by atoms with E-state index in [2.05, 4.69) is 20.5 Å². The van der Waals surface area contributed by atoms with Gasteiger partial charge in [-0.15, -0.1) is 5.11 Å². The minimum absolute atomic E-state index is 0. The molecule has 2 N–H and O–H groups in total. The van der Waals surface area contributed by atoms with E-state index in [1.54, 1.807) is 24.3 Å². The molecule has 0 spiro atoms. The van der Waals surface area contributed by atoms with E-state index in [0.717, 1.165) is 5.56 Å². The molecule has 0 atom stereocenters. The second-order valence-corrected chi connectivity index (χ2v) is 7.62. The van der Waals surface area contributed by atoms with E-state index in [-0.39, 0.29) is 40.2 Å². The standard InChI is InChI=1S/C20H18N4O5S.Na/c1-13-11-19(24-22-14-3-7-16(25)8-4-14)20(29-2)12-18(13)23-21-15-5-9-17(10-6-15)30(26,27)28;/h3-12,25H,1-2H3,(H,26,27,28);. The van der Waals surface area contributed by atoms with Crippen molar-refractivity contribution in [2.45, 2.75) is 11.8 Å². The molecule has 0 aromatic heterocycles. The molecular weight excluding hydrogens is 431 g/mol. The zero-order valence-electron chi connectivity index (χ0n) is 17.1. The Kier molecular flexibility index (Phi) is 8.43. The molecule has 9 nitrogen and oxygen atoms in total. The number of nitrogens with zero attached hydrogens (tertiary/aromatic N) is 4. The molecule has 0 heterocycles. The summed E-state index contributed by atoms with van der Waals surface area (Å²) >= 11 is 0. The third-order valence-electron chi connectivity index (χ3n) is 4.03. The first kappa shape index (κ1) is 24.6. The minimum atomic E-state index is -4.26. The maximum Gasteiger partial charge on any atom is 0.294 e. The average molecular weight is 449 g/mol. The summed E-state index contributed by atoms with van der Waals surface area (Å²) in [4.78, 5) is -0.220. The van der Waals surface area contributed by atoms with E-state index in [1.165, 1.54) is 43.5 Å². The number of ether oxygens (including phenoxy) is 1. The van der Waals surface area contributed by atoms with Crippen LogP contribution in [0, 0.1) is 6.92 Å². The second-order valence-electron chi connectivity index (χ2n) is 6.20. The summed E-state index contributed by atoms with van der Waals surface area (Å²) in [6, 6.07) is 15.1. The summed E-state index contributed by atoms with van der Waals surface area (Å²) < 4.78 is 36.6. The first-order valence-corrected chi connectivity index (χ1v) is 10.1. The fourth-order valence-corrected chi connectivity index (χ4v) is 2.92. The Morgan fingerprint density at radius 3 is 1.84 bits per heavy atom. The molecule has 3 aromatic carbocycles. The maximum atomic E-state index is 11.1. The van der Waals surface area contributed by atoms with Crippen LogP contribution in [0.15, 0.2) is 86.0 Å². The van der Waals surface area contributed by atoms with Crippen molar-refractivity contribution in [3.63, 3.8) is 0 Å². The number of aromatic hydroxyl groups is 1. The smallest absolute Gasteiger partial charge is 0.294 e. The zero-order valence-corrected chi connectivity index (χ0v) is 19.9. The molecular formula is C20H18N4NaO5S. The molecule has 0 unspecified atom stereocenters. The molecule has 155 valence electrons. The Hall–Kier alpha value is -2.63. The summed E-state index contributed by atoms with van der Waals surface area (Å²) in [5, 5.41) is 25.9. The average Bonchev–Trinajstić information content (AvgIpc) is 2.72. The van der Waals surface area contributed by atoms with E-state index in [9.17, 15) is 13.5 Å². The van der Waals surface area contributed by atoms with E-state index < -0.39 is 10.1 Å². The van der Waals surface area contributed by atoms with Crippen LogP contribution in [-0.2, 0) is 10.1 Å². The monoisotopic (exact) mass is 449 g/mol. The molecule has 0 saturated carbocycles. The van der Waals surface area contributed by atoms with Gasteiger partial charge in [0.05, 0.1) is 29.1 Å². The van der Waals surface area contributed by atoms with Gasteiger partial charge in [-0.05, 0) is 67.1 Å². The summed E-state index contributed by atoms with van der Waals surface area (Å²) in [5.74, 6) is 0.587. The molecule has 31 heavy (non-hydrogen) atoms. The van der Waals surface area contributed by atoms with Crippen LogP contribution in [0.5, 0.6) is 11.5 Å². The fourth-order valence-electron chi connectivity index (χ4n) is 2.44. The van der Waals surface area contributed by atoms with Crippen molar-refractivity contribution in [3.8, 4) is 11.5 Å². The van der Waals surface area contributed by atoms with Crippen LogP contribution in [0.1, 0.15) is 5.56 Å². The normalized spacial score (nSPS) is 11.6. The Morgan fingerprint density at radius 1 is 0.806 bits per heavy atom. The van der Waals surface area contributed by atoms with Crippen LogP contribution in [-0.4, -0.2) is 54.7 Å². The number of azo groups is 2. The van der Waals surface area contributed by atoms with Crippen molar-refractivity contribution in [1.82, 2.24) is 0 Å². The van der Waals surface area contributed by atoms with Crippen LogP contribution < -0.4 is 4.74 Å². The van der Waals surface area contributed by atoms with Crippen molar-refractivity contribution in [3.05, 3.63) is 66.2 Å². The Bertz CT molecular complexity index is 1210. The van der Waals surface area contributed by atoms with Gasteiger partial charge in [0.25, 0.3) is 10.1 Å². The van der Waals surface area contributed by atoms with Gasteiger partial charge in [0, 0.05) is 35.6 Å². The maximum absolute atomic E-state index is 11.1. The van der Waals surface area contributed by atoms with Gasteiger partial charge >= 0.3 is 0 Å². The predicted octanol–water partition coefficient (Wildman–Crippen LogP) is 5.41. The molecule has 11 heteroatoms. The molecule has 0 aliphatic heterocycles. The Morgan fingerprint density at radius 2 is 1.32 bits per heavy atom. The SMILES string of the molecule is COc1cc(N=Nc2ccc(S(=O)(=O)O)cc2)c(C)cc1N=Nc1ccc(O)cc1.[Na].